The van der Waals surface area contributed by atoms with E-state index in [0.29, 0.717) is 17.0 Å². The molecule has 0 aromatic heterocycles. The van der Waals surface area contributed by atoms with Crippen LogP contribution in [0.5, 0.6) is 5.75 Å². The van der Waals surface area contributed by atoms with Crippen molar-refractivity contribution >= 4 is 21.6 Å². The summed E-state index contributed by atoms with van der Waals surface area (Å²) in [5.41, 5.74) is 3.23. The maximum atomic E-state index is 12.9. The number of benzene rings is 3. The Bertz CT molecular complexity index is 1230. The summed E-state index contributed by atoms with van der Waals surface area (Å²) in [5, 5.41) is 3.00. The highest BCUT2D eigenvalue weighted by Crippen LogP contribution is 2.26. The van der Waals surface area contributed by atoms with Gasteiger partial charge in [0.25, 0.3) is 15.9 Å². The molecule has 0 aliphatic rings. The van der Waals surface area contributed by atoms with E-state index < -0.39 is 10.0 Å². The van der Waals surface area contributed by atoms with Gasteiger partial charge in [-0.15, -0.1) is 0 Å². The van der Waals surface area contributed by atoms with Crippen LogP contribution in [0.3, 0.4) is 0 Å². The fourth-order valence-corrected chi connectivity index (χ4v) is 4.70. The van der Waals surface area contributed by atoms with Crippen LogP contribution in [-0.4, -0.2) is 28.5 Å². The summed E-state index contributed by atoms with van der Waals surface area (Å²) in [4.78, 5) is 12.9. The molecule has 34 heavy (non-hydrogen) atoms. The zero-order chi connectivity index (χ0) is 25.1. The number of rotatable bonds is 7. The lowest BCUT2D eigenvalue weighted by Gasteiger charge is -2.21. The van der Waals surface area contributed by atoms with E-state index >= 15 is 0 Å². The van der Waals surface area contributed by atoms with Gasteiger partial charge in [0, 0.05) is 12.6 Å². The first kappa shape index (κ1) is 25.3. The minimum atomic E-state index is -3.74. The zero-order valence-electron chi connectivity index (χ0n) is 20.5. The van der Waals surface area contributed by atoms with Gasteiger partial charge in [0.1, 0.15) is 5.75 Å². The molecule has 0 aliphatic heterocycles. The molecule has 0 saturated heterocycles. The second kappa shape index (κ2) is 9.89. The summed E-state index contributed by atoms with van der Waals surface area (Å²) in [6.45, 7) is 8.43. The number of sulfonamides is 1. The monoisotopic (exact) mass is 480 g/mol. The van der Waals surface area contributed by atoms with Crippen LogP contribution < -0.4 is 14.4 Å². The van der Waals surface area contributed by atoms with Gasteiger partial charge in [-0.1, -0.05) is 45.0 Å². The smallest absolute Gasteiger partial charge is 0.264 e. The predicted octanol–water partition coefficient (Wildman–Crippen LogP) is 5.31. The summed E-state index contributed by atoms with van der Waals surface area (Å²) < 4.78 is 32.2. The van der Waals surface area contributed by atoms with Gasteiger partial charge in [-0.3, -0.25) is 9.10 Å². The van der Waals surface area contributed by atoms with Gasteiger partial charge in [0.15, 0.2) is 0 Å². The lowest BCUT2D eigenvalue weighted by Crippen LogP contribution is -2.28. The molecule has 0 bridgehead atoms. The van der Waals surface area contributed by atoms with Crippen molar-refractivity contribution in [2.45, 2.75) is 44.0 Å². The number of ether oxygens (including phenoxy) is 1. The molecule has 0 saturated carbocycles. The van der Waals surface area contributed by atoms with E-state index in [4.69, 9.17) is 4.74 Å². The Balaban J connectivity index is 1.69. The van der Waals surface area contributed by atoms with Crippen molar-refractivity contribution < 1.29 is 17.9 Å². The van der Waals surface area contributed by atoms with E-state index in [2.05, 4.69) is 38.2 Å². The third-order valence-corrected chi connectivity index (χ3v) is 7.64. The van der Waals surface area contributed by atoms with E-state index in [1.807, 2.05) is 19.1 Å². The first-order valence-electron chi connectivity index (χ1n) is 11.1. The van der Waals surface area contributed by atoms with Gasteiger partial charge in [-0.25, -0.2) is 8.42 Å². The van der Waals surface area contributed by atoms with Crippen molar-refractivity contribution in [2.24, 2.45) is 0 Å². The average Bonchev–Trinajstić information content (AvgIpc) is 2.83. The Morgan fingerprint density at radius 3 is 1.97 bits per heavy atom. The summed E-state index contributed by atoms with van der Waals surface area (Å²) in [6, 6.07) is 20.8. The van der Waals surface area contributed by atoms with Gasteiger partial charge < -0.3 is 10.1 Å². The summed E-state index contributed by atoms with van der Waals surface area (Å²) >= 11 is 0. The van der Waals surface area contributed by atoms with Crippen LogP contribution >= 0.6 is 0 Å². The second-order valence-electron chi connectivity index (χ2n) is 9.26. The highest BCUT2D eigenvalue weighted by Gasteiger charge is 2.22. The Labute approximate surface area is 202 Å². The number of anilines is 1. The molecule has 3 aromatic carbocycles. The zero-order valence-corrected chi connectivity index (χ0v) is 21.3. The molecule has 0 fully saturated rings. The molecule has 0 radical (unpaired) electrons. The predicted molar refractivity (Wildman–Crippen MR) is 136 cm³/mol. The highest BCUT2D eigenvalue weighted by molar-refractivity contribution is 7.92. The van der Waals surface area contributed by atoms with Crippen LogP contribution in [0.1, 0.15) is 55.2 Å². The number of nitrogens with zero attached hydrogens (tertiary/aromatic N) is 1. The molecular formula is C27H32N2O4S. The third-order valence-electron chi connectivity index (χ3n) is 5.84. The number of carbonyl (C=O) groups is 1. The molecular weight excluding hydrogens is 448 g/mol. The normalized spacial score (nSPS) is 12.6. The van der Waals surface area contributed by atoms with Crippen molar-refractivity contribution in [3.8, 4) is 5.75 Å². The van der Waals surface area contributed by atoms with E-state index in [1.165, 1.54) is 36.2 Å². The lowest BCUT2D eigenvalue weighted by atomic mass is 9.86. The molecule has 180 valence electrons. The molecule has 3 aromatic rings. The molecule has 1 atom stereocenters. The standard InChI is InChI=1S/C27H32N2O4S/c1-19(20-7-11-22(12-8-20)27(2,3)4)28-26(30)21-9-13-23(14-10-21)29(5)34(31,32)25-17-15-24(33-6)16-18-25/h7-19H,1-6H3,(H,28,30). The van der Waals surface area contributed by atoms with Gasteiger partial charge in [-0.2, -0.15) is 0 Å². The number of hydrogen-bond donors (Lipinski definition) is 1. The minimum Gasteiger partial charge on any atom is -0.497 e. The Morgan fingerprint density at radius 2 is 1.47 bits per heavy atom. The maximum absolute atomic E-state index is 12.9. The molecule has 1 amide bonds. The topological polar surface area (TPSA) is 75.7 Å². The molecule has 1 N–H and O–H groups in total. The lowest BCUT2D eigenvalue weighted by molar-refractivity contribution is 0.0940. The number of carbonyl (C=O) groups excluding carboxylic acids is 1. The number of methoxy groups -OCH3 is 1. The largest absolute Gasteiger partial charge is 0.497 e. The summed E-state index contributed by atoms with van der Waals surface area (Å²) in [5.74, 6) is 0.357. The van der Waals surface area contributed by atoms with Crippen LogP contribution in [0.25, 0.3) is 0 Å². The Morgan fingerprint density at radius 1 is 0.912 bits per heavy atom. The third kappa shape index (κ3) is 5.59. The number of hydrogen-bond acceptors (Lipinski definition) is 4. The fraction of sp³-hybridized carbons (Fsp3) is 0.296. The van der Waals surface area contributed by atoms with E-state index in [0.717, 1.165) is 5.56 Å². The van der Waals surface area contributed by atoms with Crippen LogP contribution in [0.4, 0.5) is 5.69 Å². The minimum absolute atomic E-state index is 0.0702. The van der Waals surface area contributed by atoms with E-state index in [1.54, 1.807) is 36.4 Å². The number of amides is 1. The summed E-state index contributed by atoms with van der Waals surface area (Å²) in [6.07, 6.45) is 0. The van der Waals surface area contributed by atoms with Crippen LogP contribution in [0, 0.1) is 0 Å². The fourth-order valence-electron chi connectivity index (χ4n) is 3.50. The van der Waals surface area contributed by atoms with Crippen molar-refractivity contribution in [3.05, 3.63) is 89.5 Å². The molecule has 1 unspecified atom stereocenters. The van der Waals surface area contributed by atoms with E-state index in [-0.39, 0.29) is 22.3 Å². The van der Waals surface area contributed by atoms with Gasteiger partial charge in [0.2, 0.25) is 0 Å². The van der Waals surface area contributed by atoms with Crippen LogP contribution in [0.15, 0.2) is 77.7 Å². The highest BCUT2D eigenvalue weighted by atomic mass is 32.2. The molecule has 0 aliphatic carbocycles. The molecule has 7 heteroatoms. The van der Waals surface area contributed by atoms with Gasteiger partial charge >= 0.3 is 0 Å². The SMILES string of the molecule is COc1ccc(S(=O)(=O)N(C)c2ccc(C(=O)NC(C)c3ccc(C(C)(C)C)cc3)cc2)cc1. The molecule has 0 heterocycles. The molecule has 0 spiro atoms. The van der Waals surface area contributed by atoms with Crippen LogP contribution in [-0.2, 0) is 15.4 Å². The molecule has 6 nitrogen and oxygen atoms in total. The van der Waals surface area contributed by atoms with E-state index in [9.17, 15) is 13.2 Å². The Hall–Kier alpha value is -3.32. The second-order valence-corrected chi connectivity index (χ2v) is 11.2. The van der Waals surface area contributed by atoms with Crippen molar-refractivity contribution in [3.63, 3.8) is 0 Å². The van der Waals surface area contributed by atoms with Crippen LogP contribution in [0.2, 0.25) is 0 Å². The van der Waals surface area contributed by atoms with Gasteiger partial charge in [0.05, 0.1) is 23.7 Å². The first-order chi connectivity index (χ1) is 15.9. The quantitative estimate of drug-likeness (QED) is 0.497. The average molecular weight is 481 g/mol. The van der Waals surface area contributed by atoms with Crippen molar-refractivity contribution in [2.75, 3.05) is 18.5 Å². The Kier molecular flexibility index (Phi) is 7.36. The van der Waals surface area contributed by atoms with Crippen molar-refractivity contribution in [1.82, 2.24) is 5.32 Å². The number of nitrogens with one attached hydrogen (secondary N) is 1. The van der Waals surface area contributed by atoms with Crippen molar-refractivity contribution in [1.29, 1.82) is 0 Å². The first-order valence-corrected chi connectivity index (χ1v) is 12.5. The molecule has 3 rings (SSSR count). The van der Waals surface area contributed by atoms with Gasteiger partial charge in [-0.05, 0) is 72.0 Å². The summed E-state index contributed by atoms with van der Waals surface area (Å²) in [7, 11) is -0.733. The maximum Gasteiger partial charge on any atom is 0.264 e.